The number of hydrogen-bond acceptors (Lipinski definition) is 19. The average Bonchev–Trinajstić information content (AvgIpc) is 1.04. The van der Waals surface area contributed by atoms with Crippen molar-refractivity contribution in [2.45, 2.75) is 38.5 Å². The van der Waals surface area contributed by atoms with Crippen molar-refractivity contribution in [2.24, 2.45) is 0 Å². The third-order valence-corrected chi connectivity index (χ3v) is 13.8. The van der Waals surface area contributed by atoms with Crippen LogP contribution in [0.1, 0.15) is 38.5 Å². The highest BCUT2D eigenvalue weighted by Crippen LogP contribution is 2.30. The third kappa shape index (κ3) is 23.2. The largest absolute Gasteiger partial charge is 0.488 e. The Morgan fingerprint density at radius 2 is 0.787 bits per heavy atom. The first kappa shape index (κ1) is 74.1. The van der Waals surface area contributed by atoms with Crippen molar-refractivity contribution in [2.75, 3.05) is 74.2 Å². The molecule has 11 rings (SSSR count). The number of carbonyl (C=O) groups is 3. The van der Waals surface area contributed by atoms with Gasteiger partial charge in [0.15, 0.2) is 5.82 Å². The molecule has 4 aromatic heterocycles. The zero-order chi connectivity index (χ0) is 69.0. The second-order valence-corrected chi connectivity index (χ2v) is 20.5. The molecule has 3 saturated heterocycles. The third-order valence-electron chi connectivity index (χ3n) is 13.3. The summed E-state index contributed by atoms with van der Waals surface area (Å²) in [5.41, 5.74) is 20.0. The maximum absolute atomic E-state index is 13.0. The number of rotatable bonds is 9. The van der Waals surface area contributed by atoms with Crippen molar-refractivity contribution < 1.29 is 61.9 Å². The Bertz CT molecular complexity index is 3850. The van der Waals surface area contributed by atoms with Crippen LogP contribution >= 0.6 is 23.2 Å². The number of nitrogens with one attached hydrogen (secondary N) is 2. The molecule has 3 aliphatic heterocycles. The fraction of sp³-hybridized carbons (Fsp3) is 0.217. The number of hydrogen-bond donors (Lipinski definition) is 8. The standard InChI is InChI=1S/C16H15FN4O3.C16H17FN4O.C11H8FN3O2.C6H6BFO2.C5H4ClN3O2.C5H8ClNO.CH4O/c17-12-5-3-11(4-6-12)13-7-8-14(21(23)24)15(18-13)19-16(22)20-9-1-2-10-20;17-12-5-3-11(4-6-12)14-8-7-13(18)15(19-14)20-16(22)21-9-1-2-10-21;12-8-3-1-7(2-4-8)9-5-6-10(15(16)17)11(13)14-9;8-6-3-1-5(2-4-6)7(9)10;6-4-2-1-3(9(10)11)5(7)8-4;6-5(8)7-3-1-2-4-7;1-2/h3-8H,1-2,9-10H2,(H,18,19,22);3-8H,1-2,9-10,18H2,(H,19,20,22);1-6H,(H2,13,14);1-4,9-10H;1-2H,(H2,7,8);1-4H2;2H,1H3. The molecule has 94 heavy (non-hydrogen) atoms. The summed E-state index contributed by atoms with van der Waals surface area (Å²) in [7, 11) is -0.513. The van der Waals surface area contributed by atoms with Gasteiger partial charge in [0.05, 0.1) is 37.5 Å². The fourth-order valence-electron chi connectivity index (χ4n) is 8.55. The Labute approximate surface area is 544 Å². The molecule has 4 aromatic carbocycles. The Balaban J connectivity index is 0.000000211. The summed E-state index contributed by atoms with van der Waals surface area (Å²) in [6.07, 6.45) is 6.09. The number of amides is 5. The Morgan fingerprint density at radius 1 is 0.468 bits per heavy atom. The highest BCUT2D eigenvalue weighted by atomic mass is 35.5. The molecule has 3 fully saturated rings. The summed E-state index contributed by atoms with van der Waals surface area (Å²) in [6, 6.07) is 33.1. The zero-order valence-electron chi connectivity index (χ0n) is 49.9. The lowest BCUT2D eigenvalue weighted by Gasteiger charge is -2.17. The zero-order valence-corrected chi connectivity index (χ0v) is 51.4. The molecule has 34 heteroatoms. The molecular formula is C60H62BCl2F4N15O12. The van der Waals surface area contributed by atoms with Crippen LogP contribution in [0.4, 0.5) is 78.0 Å². The van der Waals surface area contributed by atoms with Crippen molar-refractivity contribution >= 4 is 99.2 Å². The maximum Gasteiger partial charge on any atom is 0.488 e. The number of halogens is 6. The molecule has 0 unspecified atom stereocenters. The van der Waals surface area contributed by atoms with Gasteiger partial charge in [-0.3, -0.25) is 45.8 Å². The minimum Gasteiger partial charge on any atom is -0.423 e. The quantitative estimate of drug-likeness (QED) is 0.0127. The van der Waals surface area contributed by atoms with Crippen LogP contribution in [0.15, 0.2) is 146 Å². The Morgan fingerprint density at radius 3 is 1.14 bits per heavy atom. The predicted octanol–water partition coefficient (Wildman–Crippen LogP) is 10.7. The van der Waals surface area contributed by atoms with Crippen LogP contribution in [-0.4, -0.2) is 135 Å². The number of nitro groups is 3. The minimum absolute atomic E-state index is 0.112. The lowest BCUT2D eigenvalue weighted by molar-refractivity contribution is -0.384. The van der Waals surface area contributed by atoms with E-state index in [1.807, 2.05) is 0 Å². The van der Waals surface area contributed by atoms with Gasteiger partial charge in [0.2, 0.25) is 17.5 Å². The molecule has 7 heterocycles. The van der Waals surface area contributed by atoms with Crippen molar-refractivity contribution in [1.82, 2.24) is 34.6 Å². The number of nitrogens with zero attached hydrogens (tertiary/aromatic N) is 10. The molecule has 11 N–H and O–H groups in total. The molecule has 0 atom stereocenters. The lowest BCUT2D eigenvalue weighted by Crippen LogP contribution is -2.32. The molecule has 0 radical (unpaired) electrons. The molecule has 0 spiro atoms. The normalized spacial score (nSPS) is 12.5. The van der Waals surface area contributed by atoms with E-state index in [1.165, 1.54) is 121 Å². The van der Waals surface area contributed by atoms with Gasteiger partial charge in [-0.25, -0.2) is 47.1 Å². The summed E-state index contributed by atoms with van der Waals surface area (Å²) in [5, 5.41) is 61.1. The van der Waals surface area contributed by atoms with Crippen LogP contribution < -0.4 is 33.3 Å². The molecule has 0 aliphatic carbocycles. The van der Waals surface area contributed by atoms with Gasteiger partial charge in [-0.2, -0.15) is 0 Å². The first-order valence-corrected chi connectivity index (χ1v) is 28.9. The monoisotopic (exact) mass is 1340 g/mol. The number of urea groups is 2. The number of nitrogens with two attached hydrogens (primary N) is 3. The van der Waals surface area contributed by atoms with E-state index >= 15 is 0 Å². The number of likely N-dealkylation sites (tertiary alicyclic amines) is 3. The van der Waals surface area contributed by atoms with E-state index in [0.717, 1.165) is 77.4 Å². The summed E-state index contributed by atoms with van der Waals surface area (Å²) < 4.78 is 50.9. The van der Waals surface area contributed by atoms with Crippen LogP contribution in [0.25, 0.3) is 33.8 Å². The second-order valence-electron chi connectivity index (χ2n) is 19.8. The Hall–Kier alpha value is -10.7. The van der Waals surface area contributed by atoms with E-state index in [1.54, 1.807) is 39.0 Å². The van der Waals surface area contributed by atoms with Crippen LogP contribution in [0.5, 0.6) is 0 Å². The van der Waals surface area contributed by atoms with E-state index < -0.39 is 27.9 Å². The summed E-state index contributed by atoms with van der Waals surface area (Å²) in [6.45, 7) is 4.45. The van der Waals surface area contributed by atoms with Crippen molar-refractivity contribution in [3.05, 3.63) is 204 Å². The van der Waals surface area contributed by atoms with Gasteiger partial charge in [0.1, 0.15) is 28.4 Å². The maximum atomic E-state index is 13.0. The van der Waals surface area contributed by atoms with Gasteiger partial charge in [0, 0.05) is 81.3 Å². The molecule has 0 bridgehead atoms. The minimum atomic E-state index is -1.51. The van der Waals surface area contributed by atoms with E-state index in [2.05, 4.69) is 30.6 Å². The Kier molecular flexibility index (Phi) is 29.2. The van der Waals surface area contributed by atoms with Crippen LogP contribution in [-0.2, 0) is 0 Å². The summed E-state index contributed by atoms with van der Waals surface area (Å²) in [5.74, 6) is -1.53. The van der Waals surface area contributed by atoms with Crippen molar-refractivity contribution in [3.8, 4) is 33.8 Å². The van der Waals surface area contributed by atoms with E-state index in [4.69, 9.17) is 55.6 Å². The molecular weight excluding hydrogens is 1280 g/mol. The van der Waals surface area contributed by atoms with E-state index in [0.29, 0.717) is 58.3 Å². The van der Waals surface area contributed by atoms with Crippen molar-refractivity contribution in [1.29, 1.82) is 0 Å². The number of anilines is 5. The van der Waals surface area contributed by atoms with Crippen LogP contribution in [0.3, 0.4) is 0 Å². The highest BCUT2D eigenvalue weighted by Gasteiger charge is 2.25. The smallest absolute Gasteiger partial charge is 0.423 e. The van der Waals surface area contributed by atoms with Gasteiger partial charge in [-0.1, -0.05) is 23.7 Å². The van der Waals surface area contributed by atoms with E-state index in [9.17, 15) is 62.3 Å². The predicted molar refractivity (Wildman–Crippen MR) is 347 cm³/mol. The van der Waals surface area contributed by atoms with Gasteiger partial charge < -0.3 is 47.1 Å². The number of aliphatic hydroxyl groups excluding tert-OH is 1. The molecule has 5 amide bonds. The topological polar surface area (TPSA) is 405 Å². The SMILES string of the molecule is CO.Nc1ccc(-c2ccc(F)cc2)nc1NC(=O)N1CCCC1.Nc1nc(-c2ccc(F)cc2)ccc1[N+](=O)[O-].Nc1nc(Cl)ccc1[N+](=O)[O-].O=C(Cl)N1CCCC1.O=C(Nc1nc(-c2ccc(F)cc2)ccc1[N+](=O)[O-])N1CCCC1.OB(O)c1ccc(F)cc1. The van der Waals surface area contributed by atoms with Crippen LogP contribution in [0.2, 0.25) is 5.15 Å². The van der Waals surface area contributed by atoms with Gasteiger partial charge >= 0.3 is 41.6 Å². The summed E-state index contributed by atoms with van der Waals surface area (Å²) >= 11 is 10.6. The highest BCUT2D eigenvalue weighted by molar-refractivity contribution is 6.62. The molecule has 0 saturated carbocycles. The van der Waals surface area contributed by atoms with Gasteiger partial charge in [-0.05, 0) is 171 Å². The first-order valence-electron chi connectivity index (χ1n) is 28.2. The van der Waals surface area contributed by atoms with Crippen LogP contribution in [0, 0.1) is 53.6 Å². The molecule has 3 aliphatic rings. The number of benzene rings is 4. The number of carbonyl (C=O) groups excluding carboxylic acids is 3. The number of pyridine rings is 4. The van der Waals surface area contributed by atoms with Gasteiger partial charge in [0.25, 0.3) is 0 Å². The lowest BCUT2D eigenvalue weighted by atomic mass is 9.80. The number of nitrogen functional groups attached to an aromatic ring is 3. The van der Waals surface area contributed by atoms with E-state index in [-0.39, 0.29) is 74.3 Å². The second kappa shape index (κ2) is 37.0. The fourth-order valence-corrected chi connectivity index (χ4v) is 8.88. The number of aromatic nitrogens is 4. The molecule has 8 aromatic rings. The van der Waals surface area contributed by atoms with Gasteiger partial charge in [-0.15, -0.1) is 0 Å². The average molecular weight is 1340 g/mol. The first-order chi connectivity index (χ1) is 44.9. The summed E-state index contributed by atoms with van der Waals surface area (Å²) in [4.78, 5) is 85.7. The van der Waals surface area contributed by atoms with Crippen molar-refractivity contribution in [3.63, 3.8) is 0 Å². The molecule has 494 valence electrons. The molecule has 27 nitrogen and oxygen atoms in total. The number of aliphatic hydroxyl groups is 1.